The summed E-state index contributed by atoms with van der Waals surface area (Å²) in [5.74, 6) is 1.10. The molecule has 1 heterocycles. The Hall–Kier alpha value is -0.930. The first-order valence-corrected chi connectivity index (χ1v) is 7.72. The number of likely N-dealkylation sites (N-methyl/N-ethyl adjacent to an activating group) is 1. The first kappa shape index (κ1) is 15.5. The van der Waals surface area contributed by atoms with Crippen LogP contribution in [0.15, 0.2) is 24.3 Å². The summed E-state index contributed by atoms with van der Waals surface area (Å²) in [6, 6.07) is 7.56. The summed E-state index contributed by atoms with van der Waals surface area (Å²) in [5, 5.41) is 3.68. The molecule has 1 aliphatic heterocycles. The highest BCUT2D eigenvalue weighted by Gasteiger charge is 2.25. The number of piperidine rings is 1. The third-order valence-corrected chi connectivity index (χ3v) is 4.13. The minimum atomic E-state index is -0.149. The van der Waals surface area contributed by atoms with E-state index in [4.69, 9.17) is 0 Å². The number of nitrogens with one attached hydrogen (secondary N) is 1. The molecule has 2 unspecified atom stereocenters. The van der Waals surface area contributed by atoms with E-state index in [1.54, 1.807) is 12.1 Å². The molecule has 112 valence electrons. The van der Waals surface area contributed by atoms with Gasteiger partial charge < -0.3 is 10.2 Å². The first-order valence-electron chi connectivity index (χ1n) is 7.72. The molecule has 1 N–H and O–H groups in total. The van der Waals surface area contributed by atoms with Crippen molar-refractivity contribution in [1.82, 2.24) is 10.2 Å². The summed E-state index contributed by atoms with van der Waals surface area (Å²) in [4.78, 5) is 2.38. The third kappa shape index (κ3) is 4.57. The van der Waals surface area contributed by atoms with E-state index < -0.39 is 0 Å². The molecule has 0 spiro atoms. The minimum Gasteiger partial charge on any atom is -0.313 e. The smallest absolute Gasteiger partial charge is 0.123 e. The molecule has 2 rings (SSSR count). The van der Waals surface area contributed by atoms with Crippen LogP contribution in [-0.4, -0.2) is 37.6 Å². The number of halogens is 1. The molecule has 2 atom stereocenters. The van der Waals surface area contributed by atoms with Crippen LogP contribution in [0.3, 0.4) is 0 Å². The van der Waals surface area contributed by atoms with Crippen LogP contribution in [0, 0.1) is 11.7 Å². The first-order chi connectivity index (χ1) is 9.54. The number of rotatable bonds is 5. The van der Waals surface area contributed by atoms with E-state index in [0.29, 0.717) is 12.0 Å². The van der Waals surface area contributed by atoms with E-state index in [1.807, 2.05) is 12.1 Å². The second kappa shape index (κ2) is 7.19. The van der Waals surface area contributed by atoms with E-state index in [2.05, 4.69) is 31.1 Å². The zero-order valence-electron chi connectivity index (χ0n) is 12.9. The van der Waals surface area contributed by atoms with Gasteiger partial charge in [0.1, 0.15) is 5.82 Å². The summed E-state index contributed by atoms with van der Waals surface area (Å²) in [5.41, 5.74) is 1.26. The maximum absolute atomic E-state index is 13.0. The fraction of sp³-hybridized carbons (Fsp3) is 0.647. The second-order valence-corrected chi connectivity index (χ2v) is 6.54. The Kier molecular flexibility index (Phi) is 5.55. The minimum absolute atomic E-state index is 0.149. The van der Waals surface area contributed by atoms with Gasteiger partial charge in [-0.1, -0.05) is 26.0 Å². The fourth-order valence-corrected chi connectivity index (χ4v) is 3.02. The van der Waals surface area contributed by atoms with Crippen LogP contribution in [0.25, 0.3) is 0 Å². The molecule has 0 amide bonds. The van der Waals surface area contributed by atoms with Crippen molar-refractivity contribution >= 4 is 0 Å². The van der Waals surface area contributed by atoms with Gasteiger partial charge in [0.25, 0.3) is 0 Å². The van der Waals surface area contributed by atoms with Crippen LogP contribution in [0.2, 0.25) is 0 Å². The molecule has 2 nitrogen and oxygen atoms in total. The molecule has 20 heavy (non-hydrogen) atoms. The van der Waals surface area contributed by atoms with Crippen LogP contribution < -0.4 is 5.32 Å². The van der Waals surface area contributed by atoms with Crippen molar-refractivity contribution in [2.45, 2.75) is 38.6 Å². The van der Waals surface area contributed by atoms with Crippen molar-refractivity contribution in [3.8, 4) is 0 Å². The highest BCUT2D eigenvalue weighted by molar-refractivity contribution is 5.22. The van der Waals surface area contributed by atoms with Gasteiger partial charge in [-0.2, -0.15) is 0 Å². The molecule has 0 saturated carbocycles. The molecule has 1 fully saturated rings. The highest BCUT2D eigenvalue weighted by atomic mass is 19.1. The molecule has 0 bridgehead atoms. The van der Waals surface area contributed by atoms with Crippen molar-refractivity contribution in [3.05, 3.63) is 35.6 Å². The zero-order valence-corrected chi connectivity index (χ0v) is 12.9. The number of hydrogen-bond donors (Lipinski definition) is 1. The van der Waals surface area contributed by atoms with Crippen LogP contribution in [0.4, 0.5) is 4.39 Å². The number of hydrogen-bond acceptors (Lipinski definition) is 2. The van der Waals surface area contributed by atoms with Crippen LogP contribution in [0.5, 0.6) is 0 Å². The van der Waals surface area contributed by atoms with Crippen LogP contribution in [0.1, 0.15) is 38.2 Å². The summed E-state index contributed by atoms with van der Waals surface area (Å²) in [6.07, 6.45) is 2.37. The quantitative estimate of drug-likeness (QED) is 0.889. The summed E-state index contributed by atoms with van der Waals surface area (Å²) in [7, 11) is 2.17. The van der Waals surface area contributed by atoms with Gasteiger partial charge >= 0.3 is 0 Å². The fourth-order valence-electron chi connectivity index (χ4n) is 3.02. The van der Waals surface area contributed by atoms with Crippen molar-refractivity contribution in [1.29, 1.82) is 0 Å². The number of nitrogens with zero attached hydrogens (tertiary/aromatic N) is 1. The van der Waals surface area contributed by atoms with Crippen molar-refractivity contribution in [2.24, 2.45) is 5.92 Å². The maximum atomic E-state index is 13.0. The van der Waals surface area contributed by atoms with Gasteiger partial charge in [-0.05, 0) is 56.0 Å². The van der Waals surface area contributed by atoms with Gasteiger partial charge in [0, 0.05) is 19.1 Å². The number of likely N-dealkylation sites (tertiary alicyclic amines) is 1. The largest absolute Gasteiger partial charge is 0.313 e. The summed E-state index contributed by atoms with van der Waals surface area (Å²) >= 11 is 0. The van der Waals surface area contributed by atoms with E-state index in [-0.39, 0.29) is 5.82 Å². The topological polar surface area (TPSA) is 15.3 Å². The Bertz CT molecular complexity index is 402. The predicted octanol–water partition coefficient (Wildman–Crippen LogP) is 3.25. The monoisotopic (exact) mass is 278 g/mol. The standard InChI is InChI=1S/C17H27FN2/c1-13(2)8-9-19-17-10-15(11-20(3)12-17)14-4-6-16(18)7-5-14/h4-7,13,15,17,19H,8-12H2,1-3H3. The lowest BCUT2D eigenvalue weighted by atomic mass is 9.88. The van der Waals surface area contributed by atoms with Crippen LogP contribution in [-0.2, 0) is 0 Å². The Morgan fingerprint density at radius 3 is 2.60 bits per heavy atom. The molecular formula is C17H27FN2. The van der Waals surface area contributed by atoms with E-state index in [1.165, 1.54) is 12.0 Å². The molecule has 1 aromatic carbocycles. The normalized spacial score (nSPS) is 24.2. The second-order valence-electron chi connectivity index (χ2n) is 6.54. The maximum Gasteiger partial charge on any atom is 0.123 e. The molecule has 1 aromatic rings. The van der Waals surface area contributed by atoms with Crippen molar-refractivity contribution in [3.63, 3.8) is 0 Å². The predicted molar refractivity (Wildman–Crippen MR) is 82.5 cm³/mol. The van der Waals surface area contributed by atoms with Gasteiger partial charge in [-0.15, -0.1) is 0 Å². The Balaban J connectivity index is 1.92. The molecule has 1 aliphatic rings. The Labute approximate surface area is 122 Å². The van der Waals surface area contributed by atoms with Crippen molar-refractivity contribution < 1.29 is 4.39 Å². The van der Waals surface area contributed by atoms with Gasteiger partial charge in [0.15, 0.2) is 0 Å². The van der Waals surface area contributed by atoms with Gasteiger partial charge in [-0.25, -0.2) is 4.39 Å². The van der Waals surface area contributed by atoms with Gasteiger partial charge in [0.05, 0.1) is 0 Å². The molecule has 0 aromatic heterocycles. The van der Waals surface area contributed by atoms with Crippen molar-refractivity contribution in [2.75, 3.05) is 26.7 Å². The Morgan fingerprint density at radius 2 is 1.95 bits per heavy atom. The molecule has 0 aliphatic carbocycles. The summed E-state index contributed by atoms with van der Waals surface area (Å²) in [6.45, 7) is 7.78. The molecular weight excluding hydrogens is 251 g/mol. The molecule has 3 heteroatoms. The lowest BCUT2D eigenvalue weighted by Gasteiger charge is -2.36. The summed E-state index contributed by atoms with van der Waals surface area (Å²) < 4.78 is 13.0. The van der Waals surface area contributed by atoms with Gasteiger partial charge in [0.2, 0.25) is 0 Å². The van der Waals surface area contributed by atoms with E-state index in [0.717, 1.165) is 32.0 Å². The van der Waals surface area contributed by atoms with Gasteiger partial charge in [-0.3, -0.25) is 0 Å². The third-order valence-electron chi connectivity index (χ3n) is 4.13. The highest BCUT2D eigenvalue weighted by Crippen LogP contribution is 2.26. The Morgan fingerprint density at radius 1 is 1.25 bits per heavy atom. The number of benzene rings is 1. The molecule has 0 radical (unpaired) electrons. The van der Waals surface area contributed by atoms with E-state index >= 15 is 0 Å². The average Bonchev–Trinajstić information content (AvgIpc) is 2.38. The zero-order chi connectivity index (χ0) is 14.5. The lowest BCUT2D eigenvalue weighted by Crippen LogP contribution is -2.47. The van der Waals surface area contributed by atoms with Crippen LogP contribution >= 0.6 is 0 Å². The lowest BCUT2D eigenvalue weighted by molar-refractivity contribution is 0.203. The SMILES string of the molecule is CC(C)CCNC1CC(c2ccc(F)cc2)CN(C)C1. The average molecular weight is 278 g/mol. The van der Waals surface area contributed by atoms with E-state index in [9.17, 15) is 4.39 Å². The molecule has 1 saturated heterocycles.